The summed E-state index contributed by atoms with van der Waals surface area (Å²) in [6.07, 6.45) is -4.88. The molecular weight excluding hydrogens is 373 g/mol. The van der Waals surface area contributed by atoms with E-state index in [1.165, 1.54) is 6.26 Å². The number of amides is 1. The average Bonchev–Trinajstić information content (AvgIpc) is 3.02. The summed E-state index contributed by atoms with van der Waals surface area (Å²) in [5.74, 6) is -2.01. The van der Waals surface area contributed by atoms with Gasteiger partial charge in [-0.15, -0.1) is 11.8 Å². The highest BCUT2D eigenvalue weighted by Gasteiger charge is 2.36. The number of oxazole rings is 1. The molecule has 140 valence electrons. The summed E-state index contributed by atoms with van der Waals surface area (Å²) in [6, 6.07) is 7.16. The van der Waals surface area contributed by atoms with Gasteiger partial charge in [-0.05, 0) is 12.1 Å². The van der Waals surface area contributed by atoms with Gasteiger partial charge in [-0.1, -0.05) is 18.2 Å². The molecule has 1 unspecified atom stereocenters. The summed E-state index contributed by atoms with van der Waals surface area (Å²) in [6.45, 7) is 0. The molecule has 10 heteroatoms. The van der Waals surface area contributed by atoms with E-state index in [4.69, 9.17) is 9.52 Å². The van der Waals surface area contributed by atoms with Crippen LogP contribution < -0.4 is 5.32 Å². The Bertz CT molecular complexity index is 749. The van der Waals surface area contributed by atoms with E-state index in [2.05, 4.69) is 4.98 Å². The van der Waals surface area contributed by atoms with Crippen LogP contribution in [0.4, 0.5) is 13.2 Å². The lowest BCUT2D eigenvalue weighted by Crippen LogP contribution is -2.44. The summed E-state index contributed by atoms with van der Waals surface area (Å²) in [7, 11) is 0. The highest BCUT2D eigenvalue weighted by molar-refractivity contribution is 7.99. The molecule has 1 heterocycles. The lowest BCUT2D eigenvalue weighted by atomic mass is 10.2. The standard InChI is InChI=1S/C16H15F3N2O4S/c17-16(18,19)6-12(15(23)24)21-13(22)9-26-8-11-7-25-14(20-11)10-4-2-1-3-5-10/h1-5,7,12H,6,8-9H2,(H,21,22)(H,23,24). The Morgan fingerprint density at radius 3 is 2.58 bits per heavy atom. The van der Waals surface area contributed by atoms with E-state index in [0.717, 1.165) is 17.3 Å². The maximum atomic E-state index is 12.3. The topological polar surface area (TPSA) is 92.4 Å². The summed E-state index contributed by atoms with van der Waals surface area (Å²) < 4.78 is 42.2. The first-order valence-electron chi connectivity index (χ1n) is 7.41. The van der Waals surface area contributed by atoms with Crippen LogP contribution in [0.5, 0.6) is 0 Å². The first-order valence-corrected chi connectivity index (χ1v) is 8.56. The average molecular weight is 388 g/mol. The zero-order valence-electron chi connectivity index (χ0n) is 13.3. The molecule has 1 atom stereocenters. The number of hydrogen-bond donors (Lipinski definition) is 2. The molecule has 0 spiro atoms. The molecular formula is C16H15F3N2O4S. The predicted molar refractivity (Wildman–Crippen MR) is 88.3 cm³/mol. The fraction of sp³-hybridized carbons (Fsp3) is 0.312. The van der Waals surface area contributed by atoms with E-state index in [1.54, 1.807) is 0 Å². The van der Waals surface area contributed by atoms with Crippen LogP contribution in [0.15, 0.2) is 41.0 Å². The van der Waals surface area contributed by atoms with Crippen molar-refractivity contribution in [2.24, 2.45) is 0 Å². The molecule has 0 aliphatic heterocycles. The molecule has 26 heavy (non-hydrogen) atoms. The Morgan fingerprint density at radius 2 is 1.96 bits per heavy atom. The van der Waals surface area contributed by atoms with Crippen LogP contribution in [-0.2, 0) is 15.3 Å². The Morgan fingerprint density at radius 1 is 1.27 bits per heavy atom. The molecule has 0 saturated heterocycles. The van der Waals surface area contributed by atoms with Crippen molar-refractivity contribution in [3.05, 3.63) is 42.3 Å². The number of carbonyl (C=O) groups excluding carboxylic acids is 1. The number of carboxylic acid groups (broad SMARTS) is 1. The third-order valence-electron chi connectivity index (χ3n) is 3.12. The van der Waals surface area contributed by atoms with Crippen molar-refractivity contribution in [3.63, 3.8) is 0 Å². The molecule has 6 nitrogen and oxygen atoms in total. The summed E-state index contributed by atoms with van der Waals surface area (Å²) in [4.78, 5) is 26.7. The normalized spacial score (nSPS) is 12.6. The van der Waals surface area contributed by atoms with E-state index >= 15 is 0 Å². The molecule has 0 aliphatic carbocycles. The van der Waals surface area contributed by atoms with E-state index in [0.29, 0.717) is 17.3 Å². The molecule has 0 fully saturated rings. The molecule has 1 aromatic carbocycles. The predicted octanol–water partition coefficient (Wildman–Crippen LogP) is 3.10. The van der Waals surface area contributed by atoms with Crippen LogP contribution in [0.2, 0.25) is 0 Å². The summed E-state index contributed by atoms with van der Waals surface area (Å²) in [5, 5.41) is 10.6. The zero-order chi connectivity index (χ0) is 19.2. The number of rotatable bonds is 8. The smallest absolute Gasteiger partial charge is 0.391 e. The number of hydrogen-bond acceptors (Lipinski definition) is 5. The third-order valence-corrected chi connectivity index (χ3v) is 4.09. The number of carboxylic acids is 1. The number of aliphatic carboxylic acids is 1. The number of benzene rings is 1. The second kappa shape index (κ2) is 8.75. The maximum absolute atomic E-state index is 12.3. The second-order valence-electron chi connectivity index (χ2n) is 5.28. The first-order chi connectivity index (χ1) is 12.2. The molecule has 0 saturated carbocycles. The van der Waals surface area contributed by atoms with Crippen LogP contribution in [-0.4, -0.2) is 39.9 Å². The van der Waals surface area contributed by atoms with Gasteiger partial charge in [-0.2, -0.15) is 13.2 Å². The van der Waals surface area contributed by atoms with Crippen molar-refractivity contribution in [1.29, 1.82) is 0 Å². The van der Waals surface area contributed by atoms with E-state index in [-0.39, 0.29) is 5.75 Å². The van der Waals surface area contributed by atoms with Crippen molar-refractivity contribution >= 4 is 23.6 Å². The van der Waals surface area contributed by atoms with Crippen LogP contribution in [0.3, 0.4) is 0 Å². The Balaban J connectivity index is 1.81. The van der Waals surface area contributed by atoms with Gasteiger partial charge in [0.25, 0.3) is 0 Å². The van der Waals surface area contributed by atoms with Gasteiger partial charge >= 0.3 is 12.1 Å². The number of nitrogens with one attached hydrogen (secondary N) is 1. The van der Waals surface area contributed by atoms with Crippen molar-refractivity contribution in [3.8, 4) is 11.5 Å². The lowest BCUT2D eigenvalue weighted by Gasteiger charge is -2.16. The minimum atomic E-state index is -4.68. The number of thioether (sulfide) groups is 1. The summed E-state index contributed by atoms with van der Waals surface area (Å²) in [5.41, 5.74) is 1.35. The van der Waals surface area contributed by atoms with Gasteiger partial charge in [0.2, 0.25) is 11.8 Å². The van der Waals surface area contributed by atoms with Crippen molar-refractivity contribution in [1.82, 2.24) is 10.3 Å². The maximum Gasteiger partial charge on any atom is 0.391 e. The highest BCUT2D eigenvalue weighted by Crippen LogP contribution is 2.22. The quantitative estimate of drug-likeness (QED) is 0.722. The van der Waals surface area contributed by atoms with Crippen LogP contribution in [0.1, 0.15) is 12.1 Å². The SMILES string of the molecule is O=C(CSCc1coc(-c2ccccc2)n1)NC(CC(F)(F)F)C(=O)O. The summed E-state index contributed by atoms with van der Waals surface area (Å²) >= 11 is 1.09. The van der Waals surface area contributed by atoms with E-state index in [9.17, 15) is 22.8 Å². The number of halogens is 3. The van der Waals surface area contributed by atoms with Crippen LogP contribution in [0, 0.1) is 0 Å². The monoisotopic (exact) mass is 388 g/mol. The lowest BCUT2D eigenvalue weighted by molar-refractivity contribution is -0.159. The van der Waals surface area contributed by atoms with Gasteiger partial charge in [0.15, 0.2) is 0 Å². The molecule has 0 aliphatic rings. The van der Waals surface area contributed by atoms with Crippen molar-refractivity contribution in [2.75, 3.05) is 5.75 Å². The fourth-order valence-electron chi connectivity index (χ4n) is 2.00. The molecule has 1 amide bonds. The molecule has 0 radical (unpaired) electrons. The second-order valence-corrected chi connectivity index (χ2v) is 6.27. The molecule has 2 N–H and O–H groups in total. The van der Waals surface area contributed by atoms with Crippen LogP contribution in [0.25, 0.3) is 11.5 Å². The van der Waals surface area contributed by atoms with Crippen LogP contribution >= 0.6 is 11.8 Å². The largest absolute Gasteiger partial charge is 0.480 e. The molecule has 2 aromatic rings. The van der Waals surface area contributed by atoms with Crippen molar-refractivity contribution in [2.45, 2.75) is 24.4 Å². The van der Waals surface area contributed by atoms with Gasteiger partial charge in [0.1, 0.15) is 12.3 Å². The number of aromatic nitrogens is 1. The minimum absolute atomic E-state index is 0.199. The zero-order valence-corrected chi connectivity index (χ0v) is 14.1. The number of carbonyl (C=O) groups is 2. The molecule has 1 aromatic heterocycles. The number of alkyl halides is 3. The van der Waals surface area contributed by atoms with Gasteiger partial charge in [0, 0.05) is 11.3 Å². The van der Waals surface area contributed by atoms with E-state index < -0.39 is 30.5 Å². The Hall–Kier alpha value is -2.49. The minimum Gasteiger partial charge on any atom is -0.480 e. The van der Waals surface area contributed by atoms with Gasteiger partial charge in [0.05, 0.1) is 17.9 Å². The van der Waals surface area contributed by atoms with E-state index in [1.807, 2.05) is 35.6 Å². The Kier molecular flexibility index (Phi) is 6.67. The first kappa shape index (κ1) is 19.8. The Labute approximate surface area is 150 Å². The van der Waals surface area contributed by atoms with Gasteiger partial charge in [-0.25, -0.2) is 9.78 Å². The van der Waals surface area contributed by atoms with Crippen molar-refractivity contribution < 1.29 is 32.3 Å². The number of nitrogens with zero attached hydrogens (tertiary/aromatic N) is 1. The molecule has 2 rings (SSSR count). The third kappa shape index (κ3) is 6.43. The van der Waals surface area contributed by atoms with Gasteiger partial charge in [-0.3, -0.25) is 4.79 Å². The van der Waals surface area contributed by atoms with Gasteiger partial charge < -0.3 is 14.8 Å². The highest BCUT2D eigenvalue weighted by atomic mass is 32.2. The molecule has 0 bridgehead atoms. The fourth-order valence-corrected chi connectivity index (χ4v) is 2.71.